The molecule has 1 aliphatic rings. The Morgan fingerprint density at radius 1 is 1.18 bits per heavy atom. The number of amides is 1. The van der Waals surface area contributed by atoms with Crippen molar-refractivity contribution in [3.63, 3.8) is 0 Å². The van der Waals surface area contributed by atoms with Crippen molar-refractivity contribution in [2.45, 2.75) is 51.0 Å². The largest absolute Gasteiger partial charge is 0.401 e. The lowest BCUT2D eigenvalue weighted by Gasteiger charge is -2.27. The molecule has 8 heteroatoms. The molecule has 2 heterocycles. The molecule has 0 spiro atoms. The topological polar surface area (TPSA) is 85.8 Å². The molecule has 1 aromatic carbocycles. The lowest BCUT2D eigenvalue weighted by atomic mass is 9.78. The highest BCUT2D eigenvalue weighted by Crippen LogP contribution is 2.42. The van der Waals surface area contributed by atoms with E-state index in [9.17, 15) is 4.79 Å². The quantitative estimate of drug-likeness (QED) is 0.676. The Labute approximate surface area is 168 Å². The summed E-state index contributed by atoms with van der Waals surface area (Å²) in [7, 11) is 0. The zero-order valence-electron chi connectivity index (χ0n) is 15.9. The highest BCUT2D eigenvalue weighted by atomic mass is 35.5. The second kappa shape index (κ2) is 7.39. The molecule has 146 valence electrons. The number of hydrogen-bond donors (Lipinski definition) is 1. The molecule has 3 aromatic rings. The van der Waals surface area contributed by atoms with Gasteiger partial charge >= 0.3 is 6.01 Å². The fourth-order valence-corrected chi connectivity index (χ4v) is 4.01. The third-order valence-corrected chi connectivity index (χ3v) is 5.56. The number of anilines is 1. The Morgan fingerprint density at radius 2 is 1.89 bits per heavy atom. The highest BCUT2D eigenvalue weighted by molar-refractivity contribution is 6.30. The van der Waals surface area contributed by atoms with E-state index >= 15 is 0 Å². The Hall–Kier alpha value is -2.67. The van der Waals surface area contributed by atoms with E-state index in [2.05, 4.69) is 20.6 Å². The molecule has 28 heavy (non-hydrogen) atoms. The molecule has 0 atom stereocenters. The van der Waals surface area contributed by atoms with Gasteiger partial charge in [0.25, 0.3) is 5.89 Å². The van der Waals surface area contributed by atoms with E-state index in [-0.39, 0.29) is 18.0 Å². The maximum Gasteiger partial charge on any atom is 0.322 e. The smallest absolute Gasteiger partial charge is 0.322 e. The Balaban J connectivity index is 1.58. The van der Waals surface area contributed by atoms with E-state index in [4.69, 9.17) is 16.0 Å². The van der Waals surface area contributed by atoms with Gasteiger partial charge < -0.3 is 4.42 Å². The number of halogens is 1. The zero-order valence-corrected chi connectivity index (χ0v) is 16.6. The second-order valence-corrected chi connectivity index (χ2v) is 7.85. The number of hydrogen-bond acceptors (Lipinski definition) is 5. The molecular formula is C20H22ClN5O2. The fraction of sp³-hybridized carbons (Fsp3) is 0.400. The van der Waals surface area contributed by atoms with E-state index in [1.54, 1.807) is 10.9 Å². The fourth-order valence-electron chi connectivity index (χ4n) is 3.88. The molecule has 2 aromatic heterocycles. The maximum absolute atomic E-state index is 13.2. The number of benzene rings is 1. The first-order valence-electron chi connectivity index (χ1n) is 9.44. The second-order valence-electron chi connectivity index (χ2n) is 7.42. The standard InChI is InChI=1S/C20H22ClN5O2/c1-13(2)26-16(9-12-22-26)17-24-25-19(28-17)23-18(27)20(10-3-4-11-20)14-5-7-15(21)8-6-14/h5-9,12-13H,3-4,10-11H2,1-2H3,(H,23,25,27). The number of carbonyl (C=O) groups excluding carboxylic acids is 1. The van der Waals surface area contributed by atoms with Crippen LogP contribution in [0.5, 0.6) is 0 Å². The third-order valence-electron chi connectivity index (χ3n) is 5.31. The summed E-state index contributed by atoms with van der Waals surface area (Å²) in [6.45, 7) is 4.04. The molecule has 7 nitrogen and oxygen atoms in total. The van der Waals surface area contributed by atoms with E-state index in [1.165, 1.54) is 0 Å². The van der Waals surface area contributed by atoms with Crippen molar-refractivity contribution in [2.75, 3.05) is 5.32 Å². The summed E-state index contributed by atoms with van der Waals surface area (Å²) in [6.07, 6.45) is 5.24. The summed E-state index contributed by atoms with van der Waals surface area (Å²) in [6, 6.07) is 9.55. The molecule has 0 unspecified atom stereocenters. The molecule has 1 fully saturated rings. The molecule has 0 bridgehead atoms. The van der Waals surface area contributed by atoms with Crippen LogP contribution in [-0.4, -0.2) is 25.9 Å². The Bertz CT molecular complexity index is 971. The molecule has 0 aliphatic heterocycles. The summed E-state index contributed by atoms with van der Waals surface area (Å²) < 4.78 is 7.51. The molecule has 1 aliphatic carbocycles. The predicted octanol–water partition coefficient (Wildman–Crippen LogP) is 4.62. The van der Waals surface area contributed by atoms with E-state index in [0.717, 1.165) is 36.9 Å². The van der Waals surface area contributed by atoms with Crippen molar-refractivity contribution in [3.05, 3.63) is 47.1 Å². The number of nitrogens with one attached hydrogen (secondary N) is 1. The van der Waals surface area contributed by atoms with Gasteiger partial charge in [0.1, 0.15) is 5.69 Å². The first-order valence-corrected chi connectivity index (χ1v) is 9.82. The monoisotopic (exact) mass is 399 g/mol. The lowest BCUT2D eigenvalue weighted by molar-refractivity contribution is -0.121. The van der Waals surface area contributed by atoms with E-state index < -0.39 is 5.41 Å². The van der Waals surface area contributed by atoms with Crippen LogP contribution in [0.1, 0.15) is 51.1 Å². The average Bonchev–Trinajstić information content (AvgIpc) is 3.42. The zero-order chi connectivity index (χ0) is 19.7. The third kappa shape index (κ3) is 3.30. The number of nitrogens with zero attached hydrogens (tertiary/aromatic N) is 4. The molecular weight excluding hydrogens is 378 g/mol. The van der Waals surface area contributed by atoms with Gasteiger partial charge in [0.15, 0.2) is 0 Å². The van der Waals surface area contributed by atoms with Crippen LogP contribution in [0, 0.1) is 0 Å². The van der Waals surface area contributed by atoms with Crippen molar-refractivity contribution >= 4 is 23.5 Å². The minimum absolute atomic E-state index is 0.0942. The van der Waals surface area contributed by atoms with E-state index in [1.807, 2.05) is 44.2 Å². The summed E-state index contributed by atoms with van der Waals surface area (Å²) in [4.78, 5) is 13.2. The van der Waals surface area contributed by atoms with E-state index in [0.29, 0.717) is 10.9 Å². The first kappa shape index (κ1) is 18.7. The maximum atomic E-state index is 13.2. The van der Waals surface area contributed by atoms with Gasteiger partial charge in [-0.1, -0.05) is 41.7 Å². The molecule has 0 saturated heterocycles. The summed E-state index contributed by atoms with van der Waals surface area (Å²) in [5.41, 5.74) is 1.08. The van der Waals surface area contributed by atoms with Gasteiger partial charge in [-0.2, -0.15) is 5.10 Å². The van der Waals surface area contributed by atoms with Crippen LogP contribution in [-0.2, 0) is 10.2 Å². The molecule has 0 radical (unpaired) electrons. The Kier molecular flexibility index (Phi) is 4.93. The van der Waals surface area contributed by atoms with Crippen LogP contribution in [0.25, 0.3) is 11.6 Å². The van der Waals surface area contributed by atoms with Gasteiger partial charge in [-0.25, -0.2) is 0 Å². The summed E-state index contributed by atoms with van der Waals surface area (Å²) >= 11 is 6.02. The van der Waals surface area contributed by atoms with Gasteiger partial charge in [-0.3, -0.25) is 14.8 Å². The predicted molar refractivity (Wildman–Crippen MR) is 106 cm³/mol. The van der Waals surface area contributed by atoms with Crippen LogP contribution in [0.2, 0.25) is 5.02 Å². The highest BCUT2D eigenvalue weighted by Gasteiger charge is 2.43. The summed E-state index contributed by atoms with van der Waals surface area (Å²) in [5, 5.41) is 15.8. The number of carbonyl (C=O) groups is 1. The van der Waals surface area contributed by atoms with Crippen molar-refractivity contribution in [1.82, 2.24) is 20.0 Å². The summed E-state index contributed by atoms with van der Waals surface area (Å²) in [5.74, 6) is 0.202. The number of aromatic nitrogens is 4. The van der Waals surface area contributed by atoms with Crippen molar-refractivity contribution in [2.24, 2.45) is 0 Å². The van der Waals surface area contributed by atoms with Crippen LogP contribution in [0.15, 0.2) is 40.9 Å². The van der Waals surface area contributed by atoms with Crippen LogP contribution in [0.3, 0.4) is 0 Å². The normalized spacial score (nSPS) is 15.9. The molecule has 1 N–H and O–H groups in total. The van der Waals surface area contributed by atoms with Gasteiger partial charge in [0.2, 0.25) is 5.91 Å². The van der Waals surface area contributed by atoms with Gasteiger partial charge in [0, 0.05) is 17.3 Å². The van der Waals surface area contributed by atoms with Crippen LogP contribution < -0.4 is 5.32 Å². The molecule has 1 amide bonds. The van der Waals surface area contributed by atoms with Gasteiger partial charge in [-0.15, -0.1) is 5.10 Å². The average molecular weight is 400 g/mol. The lowest BCUT2D eigenvalue weighted by Crippen LogP contribution is -2.38. The van der Waals surface area contributed by atoms with Crippen LogP contribution >= 0.6 is 11.6 Å². The Morgan fingerprint density at radius 3 is 2.57 bits per heavy atom. The van der Waals surface area contributed by atoms with Crippen molar-refractivity contribution < 1.29 is 9.21 Å². The van der Waals surface area contributed by atoms with Gasteiger partial charge in [0.05, 0.1) is 5.41 Å². The van der Waals surface area contributed by atoms with Gasteiger partial charge in [-0.05, 0) is 50.5 Å². The van der Waals surface area contributed by atoms with Crippen molar-refractivity contribution in [1.29, 1.82) is 0 Å². The minimum atomic E-state index is -0.598. The minimum Gasteiger partial charge on any atom is -0.401 e. The SMILES string of the molecule is CC(C)n1nccc1-c1nnc(NC(=O)C2(c3ccc(Cl)cc3)CCCC2)o1. The molecule has 4 rings (SSSR count). The first-order chi connectivity index (χ1) is 13.5. The van der Waals surface area contributed by atoms with Crippen molar-refractivity contribution in [3.8, 4) is 11.6 Å². The van der Waals surface area contributed by atoms with Crippen LogP contribution in [0.4, 0.5) is 6.01 Å². The molecule has 1 saturated carbocycles. The number of rotatable bonds is 5.